The maximum absolute atomic E-state index is 11.6. The number of ether oxygens (including phenoxy) is 1. The lowest BCUT2D eigenvalue weighted by molar-refractivity contribution is -0.117. The fraction of sp³-hybridized carbons (Fsp3) is 0.333. The number of carbonyl (C=O) groups excluding carboxylic acids is 1. The van der Waals surface area contributed by atoms with Gasteiger partial charge < -0.3 is 19.8 Å². The lowest BCUT2D eigenvalue weighted by Crippen LogP contribution is -2.25. The molecule has 96 valence electrons. The summed E-state index contributed by atoms with van der Waals surface area (Å²) in [5.41, 5.74) is 0.562. The van der Waals surface area contributed by atoms with E-state index in [0.29, 0.717) is 5.69 Å². The normalized spacial score (nSPS) is 19.1. The smallest absolute Gasteiger partial charge is 0.339 e. The van der Waals surface area contributed by atoms with Gasteiger partial charge in [0.15, 0.2) is 0 Å². The molecule has 0 bridgehead atoms. The Morgan fingerprint density at radius 1 is 1.50 bits per heavy atom. The van der Waals surface area contributed by atoms with E-state index < -0.39 is 12.1 Å². The predicted molar refractivity (Wildman–Crippen MR) is 62.9 cm³/mol. The molecule has 1 fully saturated rings. The third-order valence-electron chi connectivity index (χ3n) is 2.83. The van der Waals surface area contributed by atoms with Crippen LogP contribution >= 0.6 is 0 Å². The topological polar surface area (TPSA) is 87.1 Å². The van der Waals surface area contributed by atoms with Crippen molar-refractivity contribution in [2.75, 3.05) is 18.6 Å². The first-order valence-corrected chi connectivity index (χ1v) is 5.42. The van der Waals surface area contributed by atoms with Crippen molar-refractivity contribution in [2.24, 2.45) is 0 Å². The van der Waals surface area contributed by atoms with Crippen molar-refractivity contribution in [3.05, 3.63) is 23.8 Å². The zero-order valence-corrected chi connectivity index (χ0v) is 9.79. The number of aliphatic hydroxyl groups excluding tert-OH is 1. The highest BCUT2D eigenvalue weighted by Crippen LogP contribution is 2.28. The first-order chi connectivity index (χ1) is 8.52. The maximum Gasteiger partial charge on any atom is 0.339 e. The molecular weight excluding hydrogens is 238 g/mol. The van der Waals surface area contributed by atoms with Gasteiger partial charge in [0.05, 0.1) is 26.2 Å². The van der Waals surface area contributed by atoms with Crippen LogP contribution in [-0.4, -0.2) is 41.8 Å². The van der Waals surface area contributed by atoms with Crippen LogP contribution in [0.4, 0.5) is 5.69 Å². The molecule has 0 aliphatic carbocycles. The minimum atomic E-state index is -1.09. The van der Waals surface area contributed by atoms with Gasteiger partial charge in [0.25, 0.3) is 0 Å². The number of amides is 1. The fourth-order valence-corrected chi connectivity index (χ4v) is 1.96. The molecule has 1 aromatic carbocycles. The molecule has 18 heavy (non-hydrogen) atoms. The van der Waals surface area contributed by atoms with Gasteiger partial charge in [-0.15, -0.1) is 0 Å². The fourth-order valence-electron chi connectivity index (χ4n) is 1.96. The van der Waals surface area contributed by atoms with E-state index in [4.69, 9.17) is 9.84 Å². The summed E-state index contributed by atoms with van der Waals surface area (Å²) in [7, 11) is 1.37. The Hall–Kier alpha value is -2.08. The molecule has 0 saturated carbocycles. The van der Waals surface area contributed by atoms with Crippen molar-refractivity contribution in [2.45, 2.75) is 12.5 Å². The monoisotopic (exact) mass is 251 g/mol. The van der Waals surface area contributed by atoms with Gasteiger partial charge in [0, 0.05) is 11.8 Å². The number of benzene rings is 1. The highest BCUT2D eigenvalue weighted by atomic mass is 16.5. The third-order valence-corrected chi connectivity index (χ3v) is 2.83. The molecule has 2 N–H and O–H groups in total. The highest BCUT2D eigenvalue weighted by Gasteiger charge is 2.29. The Balaban J connectivity index is 2.36. The van der Waals surface area contributed by atoms with Gasteiger partial charge in [-0.3, -0.25) is 4.79 Å². The number of hydrogen-bond acceptors (Lipinski definition) is 4. The van der Waals surface area contributed by atoms with E-state index in [2.05, 4.69) is 0 Å². The molecule has 2 rings (SSSR count). The summed E-state index contributed by atoms with van der Waals surface area (Å²) in [5, 5.41) is 18.4. The molecule has 1 atom stereocenters. The average molecular weight is 251 g/mol. The molecule has 0 radical (unpaired) electrons. The summed E-state index contributed by atoms with van der Waals surface area (Å²) in [6, 6.07) is 4.40. The molecule has 0 spiro atoms. The SMILES string of the molecule is COc1cc(N2CC(O)CC2=O)ccc1C(=O)O. The van der Waals surface area contributed by atoms with Crippen LogP contribution in [0, 0.1) is 0 Å². The zero-order valence-electron chi connectivity index (χ0n) is 9.79. The van der Waals surface area contributed by atoms with Crippen molar-refractivity contribution in [1.29, 1.82) is 0 Å². The van der Waals surface area contributed by atoms with Gasteiger partial charge in [0.2, 0.25) is 5.91 Å². The van der Waals surface area contributed by atoms with Crippen LogP contribution < -0.4 is 9.64 Å². The standard InChI is InChI=1S/C12H13NO5/c1-18-10-4-7(2-3-9(10)12(16)17)13-6-8(14)5-11(13)15/h2-4,8,14H,5-6H2,1H3,(H,16,17). The lowest BCUT2D eigenvalue weighted by Gasteiger charge is -2.17. The Morgan fingerprint density at radius 3 is 2.72 bits per heavy atom. The van der Waals surface area contributed by atoms with E-state index >= 15 is 0 Å². The number of nitrogens with zero attached hydrogens (tertiary/aromatic N) is 1. The summed E-state index contributed by atoms with van der Waals surface area (Å²) in [4.78, 5) is 24.0. The number of carboxylic acid groups (broad SMARTS) is 1. The van der Waals surface area contributed by atoms with Crippen molar-refractivity contribution in [3.8, 4) is 5.75 Å². The molecule has 0 aromatic heterocycles. The molecule has 1 saturated heterocycles. The second kappa shape index (κ2) is 4.66. The quantitative estimate of drug-likeness (QED) is 0.816. The van der Waals surface area contributed by atoms with Crippen molar-refractivity contribution >= 4 is 17.6 Å². The van der Waals surface area contributed by atoms with Crippen molar-refractivity contribution < 1.29 is 24.5 Å². The molecule has 1 amide bonds. The Morgan fingerprint density at radius 2 is 2.22 bits per heavy atom. The van der Waals surface area contributed by atoms with E-state index in [1.165, 1.54) is 30.2 Å². The van der Waals surface area contributed by atoms with Crippen LogP contribution in [0.15, 0.2) is 18.2 Å². The largest absolute Gasteiger partial charge is 0.496 e. The van der Waals surface area contributed by atoms with Crippen molar-refractivity contribution in [3.63, 3.8) is 0 Å². The molecule has 1 heterocycles. The van der Waals surface area contributed by atoms with E-state index in [9.17, 15) is 14.7 Å². The van der Waals surface area contributed by atoms with E-state index in [0.717, 1.165) is 0 Å². The van der Waals surface area contributed by atoms with E-state index in [1.807, 2.05) is 0 Å². The lowest BCUT2D eigenvalue weighted by atomic mass is 10.1. The van der Waals surface area contributed by atoms with Crippen LogP contribution in [0.3, 0.4) is 0 Å². The molecule has 1 aliphatic heterocycles. The van der Waals surface area contributed by atoms with Crippen LogP contribution in [0.1, 0.15) is 16.8 Å². The number of carboxylic acids is 1. The number of methoxy groups -OCH3 is 1. The van der Waals surface area contributed by atoms with Gasteiger partial charge in [0.1, 0.15) is 11.3 Å². The first-order valence-electron chi connectivity index (χ1n) is 5.42. The summed E-state index contributed by atoms with van der Waals surface area (Å²) in [5.74, 6) is -1.09. The van der Waals surface area contributed by atoms with Crippen LogP contribution in [0.5, 0.6) is 5.75 Å². The highest BCUT2D eigenvalue weighted by molar-refractivity contribution is 5.97. The average Bonchev–Trinajstić information content (AvgIpc) is 2.67. The number of carbonyl (C=O) groups is 2. The molecule has 1 unspecified atom stereocenters. The van der Waals surface area contributed by atoms with E-state index in [-0.39, 0.29) is 30.2 Å². The minimum absolute atomic E-state index is 0.0356. The summed E-state index contributed by atoms with van der Waals surface area (Å²) in [6.07, 6.45) is -0.592. The Kier molecular flexibility index (Phi) is 3.20. The van der Waals surface area contributed by atoms with E-state index in [1.54, 1.807) is 0 Å². The molecule has 1 aliphatic rings. The molecular formula is C12H13NO5. The van der Waals surface area contributed by atoms with Gasteiger partial charge in [-0.2, -0.15) is 0 Å². The Labute approximate surface area is 103 Å². The third kappa shape index (κ3) is 2.14. The van der Waals surface area contributed by atoms with Crippen LogP contribution in [-0.2, 0) is 4.79 Å². The summed E-state index contributed by atoms with van der Waals surface area (Å²) < 4.78 is 4.99. The second-order valence-corrected chi connectivity index (χ2v) is 4.05. The zero-order chi connectivity index (χ0) is 13.3. The second-order valence-electron chi connectivity index (χ2n) is 4.05. The number of aliphatic hydroxyl groups is 1. The number of aromatic carboxylic acids is 1. The van der Waals surface area contributed by atoms with Gasteiger partial charge in [-0.1, -0.05) is 0 Å². The Bertz CT molecular complexity index is 499. The van der Waals surface area contributed by atoms with Gasteiger partial charge >= 0.3 is 5.97 Å². The van der Waals surface area contributed by atoms with Crippen LogP contribution in [0.2, 0.25) is 0 Å². The minimum Gasteiger partial charge on any atom is -0.496 e. The van der Waals surface area contributed by atoms with Gasteiger partial charge in [-0.25, -0.2) is 4.79 Å². The maximum atomic E-state index is 11.6. The number of β-amino-alcohol motifs (C(OH)–C–C–N with tert-alkyl or cyclic N) is 1. The predicted octanol–water partition coefficient (Wildman–Crippen LogP) is 0.491. The molecule has 6 heteroatoms. The summed E-state index contributed by atoms with van der Waals surface area (Å²) in [6.45, 7) is 0.217. The van der Waals surface area contributed by atoms with Gasteiger partial charge in [-0.05, 0) is 12.1 Å². The first kappa shape index (κ1) is 12.4. The number of anilines is 1. The molecule has 6 nitrogen and oxygen atoms in total. The number of hydrogen-bond donors (Lipinski definition) is 2. The summed E-state index contributed by atoms with van der Waals surface area (Å²) >= 11 is 0. The van der Waals surface area contributed by atoms with Crippen LogP contribution in [0.25, 0.3) is 0 Å². The molecule has 1 aromatic rings. The number of rotatable bonds is 3. The van der Waals surface area contributed by atoms with Crippen molar-refractivity contribution in [1.82, 2.24) is 0 Å².